The largest absolute Gasteiger partial charge is 0.456 e. The van der Waals surface area contributed by atoms with Crippen LogP contribution in [0.4, 0.5) is 0 Å². The Morgan fingerprint density at radius 2 is 1.02 bits per heavy atom. The molecule has 0 N–H and O–H groups in total. The number of aromatic nitrogens is 1. The summed E-state index contributed by atoms with van der Waals surface area (Å²) in [5, 5.41) is 24.9. The fraction of sp³-hybridized carbons (Fsp3) is 0. The molecule has 0 radical (unpaired) electrons. The lowest BCUT2D eigenvalue weighted by Crippen LogP contribution is -2.02. The molecule has 0 aliphatic rings. The van der Waals surface area contributed by atoms with Crippen LogP contribution in [0.15, 0.2) is 156 Å². The van der Waals surface area contributed by atoms with Crippen molar-refractivity contribution in [3.8, 4) is 51.2 Å². The summed E-state index contributed by atoms with van der Waals surface area (Å²) >= 11 is 0. The van der Waals surface area contributed by atoms with E-state index in [0.717, 1.165) is 82.8 Å². The highest BCUT2D eigenvalue weighted by molar-refractivity contribution is 6.13. The summed E-state index contributed by atoms with van der Waals surface area (Å²) in [5.41, 5.74) is 11.2. The average molecular weight is 612 g/mol. The minimum absolute atomic E-state index is 0.423. The Kier molecular flexibility index (Phi) is 6.22. The van der Waals surface area contributed by atoms with E-state index in [1.165, 1.54) is 0 Å². The molecule has 0 bridgehead atoms. The third kappa shape index (κ3) is 4.29. The van der Waals surface area contributed by atoms with Crippen LogP contribution in [0.2, 0.25) is 0 Å². The van der Waals surface area contributed by atoms with Gasteiger partial charge in [-0.25, -0.2) is 0 Å². The van der Waals surface area contributed by atoms with E-state index in [9.17, 15) is 10.5 Å². The Labute approximate surface area is 276 Å². The molecule has 0 amide bonds. The first-order chi connectivity index (χ1) is 23.7. The fourth-order valence-corrected chi connectivity index (χ4v) is 7.02. The molecule has 222 valence electrons. The Morgan fingerprint density at radius 3 is 1.65 bits per heavy atom. The van der Waals surface area contributed by atoms with Crippen LogP contribution in [0.1, 0.15) is 11.1 Å². The maximum atomic E-state index is 10.6. The van der Waals surface area contributed by atoms with Crippen LogP contribution in [0, 0.1) is 22.7 Å². The normalized spacial score (nSPS) is 11.3. The molecule has 0 spiro atoms. The van der Waals surface area contributed by atoms with Crippen molar-refractivity contribution in [1.82, 2.24) is 4.57 Å². The van der Waals surface area contributed by atoms with Gasteiger partial charge in [0.05, 0.1) is 33.9 Å². The van der Waals surface area contributed by atoms with Crippen molar-refractivity contribution in [2.24, 2.45) is 0 Å². The van der Waals surface area contributed by atoms with Gasteiger partial charge in [-0.05, 0) is 82.4 Å². The lowest BCUT2D eigenvalue weighted by atomic mass is 9.96. The molecule has 0 aliphatic carbocycles. The molecule has 0 saturated heterocycles. The molecule has 9 rings (SSSR count). The van der Waals surface area contributed by atoms with Crippen LogP contribution in [0.5, 0.6) is 0 Å². The van der Waals surface area contributed by atoms with Crippen molar-refractivity contribution < 1.29 is 4.42 Å². The number of hydrogen-bond donors (Lipinski definition) is 0. The number of rotatable bonds is 4. The summed E-state index contributed by atoms with van der Waals surface area (Å²) in [7, 11) is 0. The van der Waals surface area contributed by atoms with Crippen LogP contribution in [-0.4, -0.2) is 4.57 Å². The van der Waals surface area contributed by atoms with Gasteiger partial charge in [-0.3, -0.25) is 0 Å². The number of para-hydroxylation sites is 1. The first kappa shape index (κ1) is 27.4. The van der Waals surface area contributed by atoms with Gasteiger partial charge in [-0.2, -0.15) is 10.5 Å². The molecule has 0 unspecified atom stereocenters. The maximum Gasteiger partial charge on any atom is 0.136 e. The highest BCUT2D eigenvalue weighted by Gasteiger charge is 2.22. The van der Waals surface area contributed by atoms with E-state index in [0.29, 0.717) is 11.1 Å². The third-order valence-electron chi connectivity index (χ3n) is 9.25. The van der Waals surface area contributed by atoms with E-state index < -0.39 is 0 Å². The molecular weight excluding hydrogens is 587 g/mol. The minimum Gasteiger partial charge on any atom is -0.456 e. The van der Waals surface area contributed by atoms with Gasteiger partial charge in [0, 0.05) is 27.1 Å². The van der Waals surface area contributed by atoms with E-state index in [1.807, 2.05) is 42.5 Å². The summed E-state index contributed by atoms with van der Waals surface area (Å²) in [6.45, 7) is 0. The van der Waals surface area contributed by atoms with Gasteiger partial charge in [0.2, 0.25) is 0 Å². The van der Waals surface area contributed by atoms with E-state index in [2.05, 4.69) is 120 Å². The summed E-state index contributed by atoms with van der Waals surface area (Å²) in [6.07, 6.45) is 0. The van der Waals surface area contributed by atoms with Crippen molar-refractivity contribution in [3.63, 3.8) is 0 Å². The second kappa shape index (κ2) is 10.9. The molecule has 0 aliphatic heterocycles. The topological polar surface area (TPSA) is 65.7 Å². The van der Waals surface area contributed by atoms with Crippen molar-refractivity contribution in [1.29, 1.82) is 10.5 Å². The summed E-state index contributed by atoms with van der Waals surface area (Å²) in [6, 6.07) is 56.2. The SMILES string of the molecule is N#Cc1cc(C#N)c(-n2c3ccc(-c4ccccc4)cc3c3cc(-c4ccccc4)ccc32)c(-c2ccc3c(c2)oc2ccccc23)c1. The van der Waals surface area contributed by atoms with Crippen molar-refractivity contribution in [3.05, 3.63) is 163 Å². The molecule has 4 nitrogen and oxygen atoms in total. The maximum absolute atomic E-state index is 10.6. The zero-order valence-electron chi connectivity index (χ0n) is 25.7. The van der Waals surface area contributed by atoms with Crippen LogP contribution in [0.25, 0.3) is 82.8 Å². The molecule has 0 atom stereocenters. The van der Waals surface area contributed by atoms with Gasteiger partial charge in [0.25, 0.3) is 0 Å². The second-order valence-electron chi connectivity index (χ2n) is 12.0. The second-order valence-corrected chi connectivity index (χ2v) is 12.0. The molecule has 0 saturated carbocycles. The standard InChI is InChI=1S/C44H25N3O/c45-26-28-21-34(27-46)44(37(22-28)33-15-18-36-35-13-7-8-14-42(35)48-43(36)25-33)47-40-19-16-31(29-9-3-1-4-10-29)23-38(40)39-24-32(17-20-41(39)47)30-11-5-2-6-12-30/h1-25H. The number of fused-ring (bicyclic) bond motifs is 6. The van der Waals surface area contributed by atoms with Crippen LogP contribution < -0.4 is 0 Å². The molecule has 0 fully saturated rings. The Balaban J connectivity index is 1.37. The van der Waals surface area contributed by atoms with Gasteiger partial charge in [-0.1, -0.05) is 97.1 Å². The van der Waals surface area contributed by atoms with Gasteiger partial charge in [0.15, 0.2) is 0 Å². The molecule has 2 aromatic heterocycles. The van der Waals surface area contributed by atoms with E-state index in [4.69, 9.17) is 4.42 Å². The Morgan fingerprint density at radius 1 is 0.438 bits per heavy atom. The van der Waals surface area contributed by atoms with E-state index in [1.54, 1.807) is 6.07 Å². The number of furan rings is 1. The van der Waals surface area contributed by atoms with Crippen LogP contribution in [0.3, 0.4) is 0 Å². The van der Waals surface area contributed by atoms with Gasteiger partial charge in [-0.15, -0.1) is 0 Å². The molecule has 48 heavy (non-hydrogen) atoms. The van der Waals surface area contributed by atoms with E-state index in [-0.39, 0.29) is 0 Å². The predicted molar refractivity (Wildman–Crippen MR) is 194 cm³/mol. The zero-order valence-corrected chi connectivity index (χ0v) is 25.7. The first-order valence-corrected chi connectivity index (χ1v) is 15.8. The molecule has 2 heterocycles. The summed E-state index contributed by atoms with van der Waals surface area (Å²) in [4.78, 5) is 0. The number of benzene rings is 7. The fourth-order valence-electron chi connectivity index (χ4n) is 7.02. The minimum atomic E-state index is 0.423. The number of hydrogen-bond acceptors (Lipinski definition) is 3. The highest BCUT2D eigenvalue weighted by atomic mass is 16.3. The van der Waals surface area contributed by atoms with Gasteiger partial charge < -0.3 is 8.98 Å². The molecule has 7 aromatic carbocycles. The lowest BCUT2D eigenvalue weighted by molar-refractivity contribution is 0.669. The molecular formula is C44H25N3O. The number of nitrogens with zero attached hydrogens (tertiary/aromatic N) is 3. The predicted octanol–water partition coefficient (Wildman–Crippen LogP) is 11.4. The van der Waals surface area contributed by atoms with Crippen LogP contribution >= 0.6 is 0 Å². The molecule has 9 aromatic rings. The first-order valence-electron chi connectivity index (χ1n) is 15.8. The summed E-state index contributed by atoms with van der Waals surface area (Å²) < 4.78 is 8.46. The zero-order chi connectivity index (χ0) is 32.2. The Hall–Kier alpha value is -6.88. The highest BCUT2D eigenvalue weighted by Crippen LogP contribution is 2.42. The lowest BCUT2D eigenvalue weighted by Gasteiger charge is -2.17. The van der Waals surface area contributed by atoms with Gasteiger partial charge in [0.1, 0.15) is 17.2 Å². The Bertz CT molecular complexity index is 2700. The van der Waals surface area contributed by atoms with Crippen molar-refractivity contribution in [2.45, 2.75) is 0 Å². The van der Waals surface area contributed by atoms with Crippen molar-refractivity contribution >= 4 is 43.7 Å². The van der Waals surface area contributed by atoms with Crippen LogP contribution in [-0.2, 0) is 0 Å². The summed E-state index contributed by atoms with van der Waals surface area (Å²) in [5.74, 6) is 0. The van der Waals surface area contributed by atoms with E-state index >= 15 is 0 Å². The monoisotopic (exact) mass is 611 g/mol. The molecule has 4 heteroatoms. The third-order valence-corrected chi connectivity index (χ3v) is 9.25. The quantitative estimate of drug-likeness (QED) is 0.199. The smallest absolute Gasteiger partial charge is 0.136 e. The van der Waals surface area contributed by atoms with Gasteiger partial charge >= 0.3 is 0 Å². The average Bonchev–Trinajstić information content (AvgIpc) is 3.69. The van der Waals surface area contributed by atoms with Crippen molar-refractivity contribution in [2.75, 3.05) is 0 Å². The number of nitriles is 2.